The van der Waals surface area contributed by atoms with Crippen molar-refractivity contribution in [2.75, 3.05) is 0 Å². The van der Waals surface area contributed by atoms with Crippen LogP contribution in [0.4, 0.5) is 13.2 Å². The first-order chi connectivity index (χ1) is 17.2. The van der Waals surface area contributed by atoms with E-state index in [2.05, 4.69) is 25.6 Å². The van der Waals surface area contributed by atoms with E-state index in [1.54, 1.807) is 48.8 Å². The summed E-state index contributed by atoms with van der Waals surface area (Å²) in [7, 11) is 0. The summed E-state index contributed by atoms with van der Waals surface area (Å²) >= 11 is 1.39. The molecule has 0 unspecified atom stereocenters. The third kappa shape index (κ3) is 4.57. The number of amides is 1. The molecule has 0 aliphatic heterocycles. The van der Waals surface area contributed by atoms with Crippen LogP contribution in [0.1, 0.15) is 18.2 Å². The molecule has 0 fully saturated rings. The van der Waals surface area contributed by atoms with Crippen LogP contribution >= 0.6 is 11.3 Å². The highest BCUT2D eigenvalue weighted by molar-refractivity contribution is 7.17. The van der Waals surface area contributed by atoms with Crippen molar-refractivity contribution in [3.63, 3.8) is 0 Å². The number of rotatable bonds is 6. The van der Waals surface area contributed by atoms with Crippen LogP contribution in [0.25, 0.3) is 38.9 Å². The number of hydrogen-bond acceptors (Lipinski definition) is 8. The minimum atomic E-state index is -4.69. The summed E-state index contributed by atoms with van der Waals surface area (Å²) in [6.07, 6.45) is -4.69. The van der Waals surface area contributed by atoms with Crippen LogP contribution in [0.2, 0.25) is 0 Å². The number of alkyl halides is 3. The summed E-state index contributed by atoms with van der Waals surface area (Å²) in [5.41, 5.74) is 8.42. The van der Waals surface area contributed by atoms with Gasteiger partial charge in [0, 0.05) is 12.6 Å². The highest BCUT2D eigenvalue weighted by Gasteiger charge is 2.36. The van der Waals surface area contributed by atoms with Crippen molar-refractivity contribution in [1.82, 2.24) is 30.3 Å². The molecule has 1 atom stereocenters. The maximum absolute atomic E-state index is 13.6. The first-order valence-corrected chi connectivity index (χ1v) is 11.5. The molecule has 2 aromatic carbocycles. The Bertz CT molecular complexity index is 1550. The fraction of sp³-hybridized carbons (Fsp3) is 0.174. The van der Waals surface area contributed by atoms with Gasteiger partial charge in [-0.1, -0.05) is 18.2 Å². The molecule has 3 N–H and O–H groups in total. The summed E-state index contributed by atoms with van der Waals surface area (Å²) in [6.45, 7) is 1.69. The van der Waals surface area contributed by atoms with Gasteiger partial charge in [-0.2, -0.15) is 18.3 Å². The number of carbonyl (C=O) groups is 1. The van der Waals surface area contributed by atoms with E-state index in [4.69, 9.17) is 10.2 Å². The first kappa shape index (κ1) is 23.6. The highest BCUT2D eigenvalue weighted by Crippen LogP contribution is 2.35. The van der Waals surface area contributed by atoms with E-state index in [0.717, 1.165) is 21.0 Å². The average molecular weight is 514 g/mol. The molecular formula is C23H18F3N7O2S. The largest absolute Gasteiger partial charge is 0.435 e. The number of nitrogens with zero attached hydrogens (tertiary/aromatic N) is 5. The van der Waals surface area contributed by atoms with Gasteiger partial charge in [0.1, 0.15) is 5.69 Å². The van der Waals surface area contributed by atoms with Crippen molar-refractivity contribution >= 4 is 27.5 Å². The van der Waals surface area contributed by atoms with Gasteiger partial charge in [0.2, 0.25) is 11.8 Å². The summed E-state index contributed by atoms with van der Waals surface area (Å²) in [5, 5.41) is 14.5. The third-order valence-electron chi connectivity index (χ3n) is 5.27. The van der Waals surface area contributed by atoms with Gasteiger partial charge in [-0.05, 0) is 36.8 Å². The van der Waals surface area contributed by atoms with Crippen molar-refractivity contribution in [1.29, 1.82) is 0 Å². The van der Waals surface area contributed by atoms with Crippen molar-refractivity contribution in [2.24, 2.45) is 5.73 Å². The predicted octanol–water partition coefficient (Wildman–Crippen LogP) is 4.18. The smallest absolute Gasteiger partial charge is 0.415 e. The topological polar surface area (TPSA) is 125 Å². The van der Waals surface area contributed by atoms with E-state index in [-0.39, 0.29) is 29.9 Å². The molecule has 13 heteroatoms. The zero-order chi connectivity index (χ0) is 25.4. The van der Waals surface area contributed by atoms with E-state index in [1.807, 2.05) is 6.07 Å². The van der Waals surface area contributed by atoms with Crippen LogP contribution in [-0.4, -0.2) is 36.9 Å². The predicted molar refractivity (Wildman–Crippen MR) is 126 cm³/mol. The molecule has 184 valence electrons. The van der Waals surface area contributed by atoms with Crippen LogP contribution in [0.3, 0.4) is 0 Å². The van der Waals surface area contributed by atoms with Crippen molar-refractivity contribution in [3.05, 3.63) is 65.3 Å². The Labute approximate surface area is 205 Å². The van der Waals surface area contributed by atoms with Crippen LogP contribution in [0.5, 0.6) is 0 Å². The monoisotopic (exact) mass is 513 g/mol. The standard InChI is InChI=1S/C23H18F3N7O2S/c1-12(27)20(34)28-10-13-4-2-5-14(8-13)33-17(9-18(32-33)23(24,25)26)22-31-30-21(35-22)15-6-3-7-16-19(15)36-11-29-16/h2-9,11-12H,10,27H2,1H3,(H,28,34)/t12-/m0/s1. The Hall–Kier alpha value is -4.10. The molecular weight excluding hydrogens is 495 g/mol. The van der Waals surface area contributed by atoms with Gasteiger partial charge in [-0.25, -0.2) is 9.67 Å². The lowest BCUT2D eigenvalue weighted by Crippen LogP contribution is -2.37. The van der Waals surface area contributed by atoms with E-state index >= 15 is 0 Å². The highest BCUT2D eigenvalue weighted by atomic mass is 32.1. The lowest BCUT2D eigenvalue weighted by atomic mass is 10.2. The van der Waals surface area contributed by atoms with Crippen molar-refractivity contribution < 1.29 is 22.4 Å². The van der Waals surface area contributed by atoms with Gasteiger partial charge in [0.05, 0.1) is 33.0 Å². The van der Waals surface area contributed by atoms with Crippen LogP contribution in [0, 0.1) is 0 Å². The molecule has 0 saturated heterocycles. The molecule has 0 bridgehead atoms. The fourth-order valence-electron chi connectivity index (χ4n) is 3.51. The maximum Gasteiger partial charge on any atom is 0.435 e. The Morgan fingerprint density at radius 3 is 2.72 bits per heavy atom. The third-order valence-corrected chi connectivity index (χ3v) is 6.14. The summed E-state index contributed by atoms with van der Waals surface area (Å²) in [6, 6.07) is 12.1. The lowest BCUT2D eigenvalue weighted by molar-refractivity contribution is -0.141. The Balaban J connectivity index is 1.55. The Morgan fingerprint density at radius 2 is 1.94 bits per heavy atom. The average Bonchev–Trinajstić information content (AvgIpc) is 3.60. The van der Waals surface area contributed by atoms with E-state index < -0.39 is 17.9 Å². The normalized spacial score (nSPS) is 12.7. The minimum Gasteiger partial charge on any atom is -0.415 e. The molecule has 0 radical (unpaired) electrons. The zero-order valence-electron chi connectivity index (χ0n) is 18.7. The van der Waals surface area contributed by atoms with Gasteiger partial charge in [0.15, 0.2) is 5.69 Å². The number of carbonyl (C=O) groups excluding carboxylic acids is 1. The molecule has 0 aliphatic carbocycles. The molecule has 5 aromatic rings. The summed E-state index contributed by atoms with van der Waals surface area (Å²) in [5.74, 6) is -0.340. The molecule has 9 nitrogen and oxygen atoms in total. The second-order valence-corrected chi connectivity index (χ2v) is 8.77. The van der Waals surface area contributed by atoms with Crippen molar-refractivity contribution in [2.45, 2.75) is 25.7 Å². The molecule has 0 aliphatic rings. The second kappa shape index (κ2) is 9.17. The van der Waals surface area contributed by atoms with Crippen LogP contribution < -0.4 is 11.1 Å². The quantitative estimate of drug-likeness (QED) is 0.349. The number of benzene rings is 2. The van der Waals surface area contributed by atoms with E-state index in [9.17, 15) is 18.0 Å². The zero-order valence-corrected chi connectivity index (χ0v) is 19.5. The molecule has 0 saturated carbocycles. The number of halogens is 3. The Kier molecular flexibility index (Phi) is 6.02. The minimum absolute atomic E-state index is 0.0330. The molecule has 3 aromatic heterocycles. The molecule has 5 rings (SSSR count). The van der Waals surface area contributed by atoms with Gasteiger partial charge >= 0.3 is 6.18 Å². The number of aromatic nitrogens is 5. The lowest BCUT2D eigenvalue weighted by Gasteiger charge is -2.10. The Morgan fingerprint density at radius 1 is 1.17 bits per heavy atom. The number of thiazole rings is 1. The SMILES string of the molecule is C[C@H](N)C(=O)NCc1cccc(-n2nc(C(F)(F)F)cc2-c2nnc(-c3cccc4ncsc34)o2)c1. The molecule has 0 spiro atoms. The maximum atomic E-state index is 13.6. The first-order valence-electron chi connectivity index (χ1n) is 10.7. The van der Waals surface area contributed by atoms with Crippen LogP contribution in [-0.2, 0) is 17.5 Å². The van der Waals surface area contributed by atoms with Gasteiger partial charge in [0.25, 0.3) is 5.89 Å². The second-order valence-electron chi connectivity index (χ2n) is 7.92. The molecule has 1 amide bonds. The molecule has 3 heterocycles. The van der Waals surface area contributed by atoms with E-state index in [0.29, 0.717) is 16.8 Å². The van der Waals surface area contributed by atoms with E-state index in [1.165, 1.54) is 11.3 Å². The number of nitrogens with one attached hydrogen (secondary N) is 1. The number of fused-ring (bicyclic) bond motifs is 1. The summed E-state index contributed by atoms with van der Waals surface area (Å²) < 4.78 is 48.5. The number of nitrogens with two attached hydrogens (primary N) is 1. The van der Waals surface area contributed by atoms with Crippen LogP contribution in [0.15, 0.2) is 58.5 Å². The number of hydrogen-bond donors (Lipinski definition) is 2. The van der Waals surface area contributed by atoms with Gasteiger partial charge in [-0.3, -0.25) is 4.79 Å². The van der Waals surface area contributed by atoms with Gasteiger partial charge in [-0.15, -0.1) is 21.5 Å². The summed E-state index contributed by atoms with van der Waals surface area (Å²) in [4.78, 5) is 16.1. The van der Waals surface area contributed by atoms with Gasteiger partial charge < -0.3 is 15.5 Å². The van der Waals surface area contributed by atoms with Crippen molar-refractivity contribution in [3.8, 4) is 28.7 Å². The molecule has 36 heavy (non-hydrogen) atoms. The fourth-order valence-corrected chi connectivity index (χ4v) is 4.30.